The van der Waals surface area contributed by atoms with Gasteiger partial charge in [-0.25, -0.2) is 19.8 Å². The first kappa shape index (κ1) is 37.8. The number of amides is 3. The van der Waals surface area contributed by atoms with Gasteiger partial charge in [0.15, 0.2) is 18.1 Å². The molecule has 0 aliphatic carbocycles. The molecule has 3 aromatic rings. The first-order valence-electron chi connectivity index (χ1n) is 15.4. The number of nitrogens with one attached hydrogen (secondary N) is 3. The Kier molecular flexibility index (Phi) is 13.1. The van der Waals surface area contributed by atoms with E-state index in [0.29, 0.717) is 22.4 Å². The van der Waals surface area contributed by atoms with Crippen LogP contribution >= 0.6 is 15.9 Å². The maximum absolute atomic E-state index is 12.6. The normalized spacial score (nSPS) is 13.9. The van der Waals surface area contributed by atoms with E-state index in [1.807, 2.05) is 0 Å². The number of halogens is 1. The molecule has 17 heteroatoms. The van der Waals surface area contributed by atoms with Crippen LogP contribution in [0.25, 0.3) is 0 Å². The van der Waals surface area contributed by atoms with Crippen LogP contribution in [0.2, 0.25) is 0 Å². The van der Waals surface area contributed by atoms with E-state index in [2.05, 4.69) is 37.1 Å². The van der Waals surface area contributed by atoms with Crippen molar-refractivity contribution in [2.45, 2.75) is 33.4 Å². The van der Waals surface area contributed by atoms with Crippen molar-refractivity contribution in [3.05, 3.63) is 103 Å². The number of benzene rings is 3. The number of urea groups is 1. The lowest BCUT2D eigenvalue weighted by atomic mass is 9.95. The molecule has 0 aromatic heterocycles. The molecular weight excluding hydrogens is 734 g/mol. The number of allylic oxidation sites excluding steroid dienone is 1. The number of esters is 2. The summed E-state index contributed by atoms with van der Waals surface area (Å²) in [5.41, 5.74) is 4.35. The minimum atomic E-state index is -0.827. The van der Waals surface area contributed by atoms with Gasteiger partial charge in [0, 0.05) is 17.3 Å². The predicted molar refractivity (Wildman–Crippen MR) is 185 cm³/mol. The highest BCUT2D eigenvalue weighted by Crippen LogP contribution is 2.37. The molecule has 0 spiro atoms. The second kappa shape index (κ2) is 17.6. The highest BCUT2D eigenvalue weighted by atomic mass is 79.9. The third-order valence-corrected chi connectivity index (χ3v) is 7.73. The molecule has 3 amide bonds. The third-order valence-electron chi connectivity index (χ3n) is 7.14. The van der Waals surface area contributed by atoms with E-state index in [1.54, 1.807) is 57.2 Å². The Labute approximate surface area is 300 Å². The zero-order valence-corrected chi connectivity index (χ0v) is 29.5. The van der Waals surface area contributed by atoms with Crippen LogP contribution in [0.5, 0.6) is 17.2 Å². The van der Waals surface area contributed by atoms with E-state index < -0.39 is 41.4 Å². The largest absolute Gasteiger partial charge is 0.493 e. The number of nitro groups is 1. The van der Waals surface area contributed by atoms with E-state index in [9.17, 15) is 29.3 Å². The number of hydrazone groups is 1. The van der Waals surface area contributed by atoms with E-state index in [0.717, 1.165) is 0 Å². The van der Waals surface area contributed by atoms with Crippen LogP contribution in [0, 0.1) is 10.1 Å². The Balaban J connectivity index is 1.38. The maximum Gasteiger partial charge on any atom is 0.338 e. The van der Waals surface area contributed by atoms with Gasteiger partial charge >= 0.3 is 23.7 Å². The van der Waals surface area contributed by atoms with Crippen molar-refractivity contribution in [3.8, 4) is 17.2 Å². The minimum Gasteiger partial charge on any atom is -0.493 e. The van der Waals surface area contributed by atoms with Crippen LogP contribution in [-0.2, 0) is 25.7 Å². The molecule has 0 saturated carbocycles. The Hall–Kier alpha value is -5.97. The summed E-state index contributed by atoms with van der Waals surface area (Å²) in [6.45, 7) is 4.89. The minimum absolute atomic E-state index is 0.0144. The summed E-state index contributed by atoms with van der Waals surface area (Å²) in [5.74, 6) is -1.29. The lowest BCUT2D eigenvalue weighted by Crippen LogP contribution is -2.45. The number of rotatable bonds is 15. The van der Waals surface area contributed by atoms with Gasteiger partial charge in [0.05, 0.1) is 53.1 Å². The molecule has 1 heterocycles. The molecule has 51 heavy (non-hydrogen) atoms. The molecular formula is C34H34BrN5O11. The van der Waals surface area contributed by atoms with Crippen LogP contribution in [-0.4, -0.2) is 61.9 Å². The van der Waals surface area contributed by atoms with Crippen LogP contribution in [0.4, 0.5) is 10.5 Å². The van der Waals surface area contributed by atoms with Gasteiger partial charge in [-0.2, -0.15) is 5.10 Å². The molecule has 0 bridgehead atoms. The third kappa shape index (κ3) is 9.81. The van der Waals surface area contributed by atoms with Crippen LogP contribution in [0.15, 0.2) is 75.4 Å². The van der Waals surface area contributed by atoms with E-state index in [1.165, 1.54) is 31.5 Å². The zero-order valence-electron chi connectivity index (χ0n) is 27.9. The number of methoxy groups -OCH3 is 1. The Bertz CT molecular complexity index is 1880. The molecule has 0 saturated heterocycles. The number of nitro benzene ring substituents is 1. The number of nitrogens with zero attached hydrogens (tertiary/aromatic N) is 2. The summed E-state index contributed by atoms with van der Waals surface area (Å²) in [5, 5.41) is 21.0. The Morgan fingerprint density at radius 1 is 1.00 bits per heavy atom. The Morgan fingerprint density at radius 2 is 1.71 bits per heavy atom. The average Bonchev–Trinajstić information content (AvgIpc) is 3.10. The van der Waals surface area contributed by atoms with Crippen LogP contribution in [0.1, 0.15) is 53.9 Å². The topological polar surface area (TPSA) is 206 Å². The van der Waals surface area contributed by atoms with Gasteiger partial charge in [-0.05, 0) is 78.2 Å². The highest BCUT2D eigenvalue weighted by Gasteiger charge is 2.32. The van der Waals surface area contributed by atoms with Crippen molar-refractivity contribution in [1.29, 1.82) is 0 Å². The van der Waals surface area contributed by atoms with Gasteiger partial charge in [-0.15, -0.1) is 0 Å². The summed E-state index contributed by atoms with van der Waals surface area (Å²) in [7, 11) is 1.39. The molecule has 1 aliphatic heterocycles. The number of carbonyl (C=O) groups is 4. The summed E-state index contributed by atoms with van der Waals surface area (Å²) in [4.78, 5) is 60.4. The fraction of sp³-hybridized carbons (Fsp3) is 0.265. The second-order valence-corrected chi connectivity index (χ2v) is 11.5. The smallest absolute Gasteiger partial charge is 0.338 e. The SMILES string of the molecule is CCOC(=O)C1=C(C)NC(=O)N[C@H]1c1ccc(OCC(=O)N/N=C/c2cc(Br)c(OCc3ccc(C(=O)OCC)cc3)c([N+](=O)[O-])c2)c(OC)c1. The molecule has 268 valence electrons. The molecule has 1 atom stereocenters. The molecule has 16 nitrogen and oxygen atoms in total. The van der Waals surface area contributed by atoms with Crippen molar-refractivity contribution < 1.29 is 47.8 Å². The summed E-state index contributed by atoms with van der Waals surface area (Å²) in [6, 6.07) is 12.6. The maximum atomic E-state index is 12.6. The number of hydrogen-bond donors (Lipinski definition) is 3. The molecule has 3 aromatic carbocycles. The molecule has 0 radical (unpaired) electrons. The Morgan fingerprint density at radius 3 is 2.37 bits per heavy atom. The van der Waals surface area contributed by atoms with Gasteiger partial charge in [-0.3, -0.25) is 14.9 Å². The van der Waals surface area contributed by atoms with Gasteiger partial charge in [0.2, 0.25) is 5.75 Å². The average molecular weight is 769 g/mol. The molecule has 0 unspecified atom stereocenters. The zero-order chi connectivity index (χ0) is 37.1. The van der Waals surface area contributed by atoms with E-state index >= 15 is 0 Å². The number of hydrogen-bond acceptors (Lipinski definition) is 12. The molecule has 1 aliphatic rings. The first-order chi connectivity index (χ1) is 24.4. The molecule has 4 rings (SSSR count). The van der Waals surface area contributed by atoms with Crippen LogP contribution in [0.3, 0.4) is 0 Å². The van der Waals surface area contributed by atoms with Crippen molar-refractivity contribution in [3.63, 3.8) is 0 Å². The van der Waals surface area contributed by atoms with Gasteiger partial charge in [-0.1, -0.05) is 18.2 Å². The number of ether oxygens (including phenoxy) is 5. The van der Waals surface area contributed by atoms with E-state index in [4.69, 9.17) is 23.7 Å². The highest BCUT2D eigenvalue weighted by molar-refractivity contribution is 9.10. The molecule has 3 N–H and O–H groups in total. The van der Waals surface area contributed by atoms with Gasteiger partial charge in [0.1, 0.15) is 6.61 Å². The summed E-state index contributed by atoms with van der Waals surface area (Å²) < 4.78 is 27.2. The monoisotopic (exact) mass is 767 g/mol. The lowest BCUT2D eigenvalue weighted by molar-refractivity contribution is -0.386. The fourth-order valence-corrected chi connectivity index (χ4v) is 5.40. The van der Waals surface area contributed by atoms with Crippen LogP contribution < -0.4 is 30.3 Å². The standard InChI is InChI=1S/C34H34BrN5O11/c1-5-48-32(42)22-9-7-20(8-10-22)17-51-31-24(35)13-21(14-25(31)40(45)46)16-36-39-28(41)18-50-26-12-11-23(15-27(26)47-4)30-29(33(43)49-6-2)19(3)37-34(44)38-30/h7-16,30H,5-6,17-18H2,1-4H3,(H,39,41)(H2,37,38,44)/b36-16+/t30-/m0/s1. The van der Waals surface area contributed by atoms with E-state index in [-0.39, 0.29) is 58.4 Å². The quantitative estimate of drug-likeness (QED) is 0.0826. The van der Waals surface area contributed by atoms with Gasteiger partial charge in [0.25, 0.3) is 5.91 Å². The summed E-state index contributed by atoms with van der Waals surface area (Å²) >= 11 is 3.31. The predicted octanol–water partition coefficient (Wildman–Crippen LogP) is 4.84. The molecule has 0 fully saturated rings. The van der Waals surface area contributed by atoms with Crippen molar-refractivity contribution in [1.82, 2.24) is 16.1 Å². The first-order valence-corrected chi connectivity index (χ1v) is 16.2. The second-order valence-electron chi connectivity index (χ2n) is 10.6. The lowest BCUT2D eigenvalue weighted by Gasteiger charge is -2.28. The summed E-state index contributed by atoms with van der Waals surface area (Å²) in [6.07, 6.45) is 1.22. The van der Waals surface area contributed by atoms with Crippen molar-refractivity contribution in [2.24, 2.45) is 5.10 Å². The van der Waals surface area contributed by atoms with Crippen molar-refractivity contribution in [2.75, 3.05) is 26.9 Å². The van der Waals surface area contributed by atoms with Crippen molar-refractivity contribution >= 4 is 51.7 Å². The number of carbonyl (C=O) groups excluding carboxylic acids is 4. The van der Waals surface area contributed by atoms with Gasteiger partial charge < -0.3 is 34.3 Å². The fourth-order valence-electron chi connectivity index (χ4n) is 4.82.